The van der Waals surface area contributed by atoms with Gasteiger partial charge < -0.3 is 14.5 Å². The van der Waals surface area contributed by atoms with E-state index in [4.69, 9.17) is 4.74 Å². The Labute approximate surface area is 237 Å². The van der Waals surface area contributed by atoms with Crippen molar-refractivity contribution >= 4 is 44.6 Å². The van der Waals surface area contributed by atoms with Crippen LogP contribution in [-0.2, 0) is 0 Å². The molecule has 0 atom stereocenters. The van der Waals surface area contributed by atoms with Gasteiger partial charge in [-0.25, -0.2) is 9.97 Å². The molecule has 8 rings (SSSR count). The molecule has 7 aromatic rings. The lowest BCUT2D eigenvalue weighted by atomic mass is 10.1. The molecule has 1 aliphatic heterocycles. The second-order valence-electron chi connectivity index (χ2n) is 10.0. The zero-order valence-electron chi connectivity index (χ0n) is 22.1. The van der Waals surface area contributed by atoms with E-state index in [1.807, 2.05) is 36.4 Å². The highest BCUT2D eigenvalue weighted by molar-refractivity contribution is 6.09. The Kier molecular flexibility index (Phi) is 5.42. The minimum atomic E-state index is 0.633. The lowest BCUT2D eigenvalue weighted by molar-refractivity contribution is 0.483. The first-order chi connectivity index (χ1) is 20.3. The number of aromatic nitrogens is 3. The Morgan fingerprint density at radius 3 is 2.00 bits per heavy atom. The van der Waals surface area contributed by atoms with Crippen LogP contribution in [0.2, 0.25) is 0 Å². The van der Waals surface area contributed by atoms with Crippen LogP contribution in [0.3, 0.4) is 0 Å². The van der Waals surface area contributed by atoms with E-state index in [1.54, 1.807) is 12.4 Å². The molecule has 0 saturated carbocycles. The first-order valence-corrected chi connectivity index (χ1v) is 13.6. The summed E-state index contributed by atoms with van der Waals surface area (Å²) in [6.07, 6.45) is 3.54. The van der Waals surface area contributed by atoms with Crippen molar-refractivity contribution in [2.75, 3.05) is 16.5 Å². The number of anilines is 4. The Bertz CT molecular complexity index is 2020. The van der Waals surface area contributed by atoms with E-state index in [2.05, 4.69) is 115 Å². The summed E-state index contributed by atoms with van der Waals surface area (Å²) in [5.74, 6) is 2.16. The van der Waals surface area contributed by atoms with E-state index in [1.165, 1.54) is 17.1 Å². The molecule has 6 heteroatoms. The predicted octanol–water partition coefficient (Wildman–Crippen LogP) is 8.61. The van der Waals surface area contributed by atoms with E-state index in [0.717, 1.165) is 45.7 Å². The molecule has 0 fully saturated rings. The van der Waals surface area contributed by atoms with Gasteiger partial charge in [0.1, 0.15) is 18.2 Å². The summed E-state index contributed by atoms with van der Waals surface area (Å²) >= 11 is 0. The van der Waals surface area contributed by atoms with Crippen LogP contribution in [-0.4, -0.2) is 21.2 Å². The first-order valence-electron chi connectivity index (χ1n) is 13.6. The van der Waals surface area contributed by atoms with Crippen molar-refractivity contribution in [1.29, 1.82) is 0 Å². The maximum Gasteiger partial charge on any atom is 0.234 e. The Hall–Kier alpha value is -5.62. The number of rotatable bonds is 5. The Morgan fingerprint density at radius 1 is 0.512 bits per heavy atom. The number of hydrogen-bond donors (Lipinski definition) is 0. The predicted molar refractivity (Wildman–Crippen MR) is 165 cm³/mol. The number of fused-ring (bicyclic) bond motifs is 4. The van der Waals surface area contributed by atoms with Crippen LogP contribution in [0.15, 0.2) is 140 Å². The number of hydrogen-bond acceptors (Lipinski definition) is 5. The molecular formula is C35H25N5O. The van der Waals surface area contributed by atoms with Gasteiger partial charge in [-0.15, -0.1) is 0 Å². The average Bonchev–Trinajstić information content (AvgIpc) is 3.58. The third-order valence-corrected chi connectivity index (χ3v) is 7.58. The third-order valence-electron chi connectivity index (χ3n) is 7.58. The van der Waals surface area contributed by atoms with Crippen LogP contribution in [0.5, 0.6) is 11.5 Å². The van der Waals surface area contributed by atoms with Gasteiger partial charge in [-0.3, -0.25) is 4.57 Å². The van der Waals surface area contributed by atoms with Gasteiger partial charge in [-0.2, -0.15) is 0 Å². The first kappa shape index (κ1) is 23.3. The third kappa shape index (κ3) is 3.96. The summed E-state index contributed by atoms with van der Waals surface area (Å²) in [7, 11) is 0. The molecule has 3 heterocycles. The van der Waals surface area contributed by atoms with Crippen LogP contribution < -0.4 is 14.5 Å². The zero-order valence-corrected chi connectivity index (χ0v) is 22.1. The number of nitrogens with zero attached hydrogens (tertiary/aromatic N) is 5. The highest BCUT2D eigenvalue weighted by atomic mass is 16.5. The second-order valence-corrected chi connectivity index (χ2v) is 10.0. The van der Waals surface area contributed by atoms with Gasteiger partial charge in [-0.1, -0.05) is 54.6 Å². The molecule has 5 aromatic carbocycles. The van der Waals surface area contributed by atoms with E-state index in [9.17, 15) is 0 Å². The number of benzene rings is 5. The molecule has 0 spiro atoms. The lowest BCUT2D eigenvalue weighted by Gasteiger charge is -2.22. The van der Waals surface area contributed by atoms with Crippen LogP contribution in [0, 0.1) is 0 Å². The molecule has 0 aliphatic carbocycles. The van der Waals surface area contributed by atoms with Crippen molar-refractivity contribution in [3.05, 3.63) is 140 Å². The fourth-order valence-corrected chi connectivity index (χ4v) is 5.75. The van der Waals surface area contributed by atoms with Crippen molar-refractivity contribution in [1.82, 2.24) is 14.5 Å². The topological polar surface area (TPSA) is 46.4 Å². The van der Waals surface area contributed by atoms with Crippen LogP contribution in [0.25, 0.3) is 27.8 Å². The number of ether oxygens (including phenoxy) is 1. The molecule has 0 bridgehead atoms. The molecule has 0 saturated heterocycles. The summed E-state index contributed by atoms with van der Waals surface area (Å²) in [4.78, 5) is 13.7. The van der Waals surface area contributed by atoms with Crippen molar-refractivity contribution in [2.45, 2.75) is 0 Å². The smallest absolute Gasteiger partial charge is 0.234 e. The van der Waals surface area contributed by atoms with Gasteiger partial charge in [-0.05, 0) is 60.7 Å². The minimum Gasteiger partial charge on any atom is -0.457 e. The summed E-state index contributed by atoms with van der Waals surface area (Å²) in [5.41, 5.74) is 6.65. The highest BCUT2D eigenvalue weighted by Gasteiger charge is 2.27. The largest absolute Gasteiger partial charge is 0.457 e. The molecule has 0 N–H and O–H groups in total. The standard InChI is InChI=1S/C35H25N5O/c1-2-10-25(11-3-1)38-24-39(33-17-7-6-16-32(33)38)26-12-8-13-27(22-26)41-28-18-19-30-29-14-4-5-15-31(29)40(34(30)23-28)35-36-20-9-21-37-35/h1-23H,24H2. The molecular weight excluding hydrogens is 506 g/mol. The Balaban J connectivity index is 1.16. The molecule has 0 amide bonds. The maximum absolute atomic E-state index is 6.48. The van der Waals surface area contributed by atoms with E-state index in [0.29, 0.717) is 5.95 Å². The Morgan fingerprint density at radius 2 is 1.17 bits per heavy atom. The molecule has 41 heavy (non-hydrogen) atoms. The molecule has 1 aliphatic rings. The minimum absolute atomic E-state index is 0.633. The van der Waals surface area contributed by atoms with Crippen LogP contribution >= 0.6 is 0 Å². The number of para-hydroxylation sites is 4. The second kappa shape index (κ2) is 9.54. The van der Waals surface area contributed by atoms with Gasteiger partial charge in [0.05, 0.1) is 22.4 Å². The lowest BCUT2D eigenvalue weighted by Crippen LogP contribution is -2.23. The molecule has 6 nitrogen and oxygen atoms in total. The SMILES string of the molecule is c1ccc(N2CN(c3cccc(Oc4ccc5c6ccccc6n(-c6ncccn6)c5c4)c3)c3ccccc32)cc1. The summed E-state index contributed by atoms with van der Waals surface area (Å²) in [5, 5.41) is 2.28. The van der Waals surface area contributed by atoms with Gasteiger partial charge >= 0.3 is 0 Å². The van der Waals surface area contributed by atoms with Crippen molar-refractivity contribution in [3.8, 4) is 17.4 Å². The average molecular weight is 532 g/mol. The van der Waals surface area contributed by atoms with Gasteiger partial charge in [0.2, 0.25) is 5.95 Å². The molecule has 0 radical (unpaired) electrons. The van der Waals surface area contributed by atoms with Crippen LogP contribution in [0.1, 0.15) is 0 Å². The maximum atomic E-state index is 6.48. The summed E-state index contributed by atoms with van der Waals surface area (Å²) < 4.78 is 8.57. The quantitative estimate of drug-likeness (QED) is 0.223. The summed E-state index contributed by atoms with van der Waals surface area (Å²) in [6, 6.07) is 43.7. The van der Waals surface area contributed by atoms with Gasteiger partial charge in [0.25, 0.3) is 0 Å². The monoisotopic (exact) mass is 531 g/mol. The highest BCUT2D eigenvalue weighted by Crippen LogP contribution is 2.44. The normalized spacial score (nSPS) is 12.7. The van der Waals surface area contributed by atoms with E-state index < -0.39 is 0 Å². The fraction of sp³-hybridized carbons (Fsp3) is 0.0286. The van der Waals surface area contributed by atoms with Crippen molar-refractivity contribution in [3.63, 3.8) is 0 Å². The zero-order chi connectivity index (χ0) is 27.2. The van der Waals surface area contributed by atoms with Crippen LogP contribution in [0.4, 0.5) is 22.7 Å². The summed E-state index contributed by atoms with van der Waals surface area (Å²) in [6.45, 7) is 0.718. The van der Waals surface area contributed by atoms with Crippen molar-refractivity contribution < 1.29 is 4.74 Å². The van der Waals surface area contributed by atoms with Crippen molar-refractivity contribution in [2.24, 2.45) is 0 Å². The van der Waals surface area contributed by atoms with Gasteiger partial charge in [0, 0.05) is 46.7 Å². The fourth-order valence-electron chi connectivity index (χ4n) is 5.75. The molecule has 196 valence electrons. The van der Waals surface area contributed by atoms with Gasteiger partial charge in [0.15, 0.2) is 0 Å². The van der Waals surface area contributed by atoms with E-state index >= 15 is 0 Å². The van der Waals surface area contributed by atoms with E-state index in [-0.39, 0.29) is 0 Å². The molecule has 0 unspecified atom stereocenters. The molecule has 2 aromatic heterocycles.